The lowest BCUT2D eigenvalue weighted by Gasteiger charge is -2.40. The average molecular weight is 346 g/mol. The predicted molar refractivity (Wildman–Crippen MR) is 86.8 cm³/mol. The molecule has 1 saturated heterocycles. The SMILES string of the molecule is CCOC(OCC)c1c(F)cc(NC2CN(CCCF)C2)cc1F. The molecule has 0 radical (unpaired) electrons. The first-order valence-electron chi connectivity index (χ1n) is 8.36. The van der Waals surface area contributed by atoms with Crippen molar-refractivity contribution in [1.29, 1.82) is 0 Å². The fraction of sp³-hybridized carbons (Fsp3) is 0.647. The molecule has 1 aliphatic heterocycles. The van der Waals surface area contributed by atoms with Gasteiger partial charge in [0.05, 0.1) is 18.3 Å². The third-order valence-corrected chi connectivity index (χ3v) is 3.89. The van der Waals surface area contributed by atoms with E-state index >= 15 is 0 Å². The van der Waals surface area contributed by atoms with Crippen molar-refractivity contribution in [2.45, 2.75) is 32.6 Å². The molecule has 1 heterocycles. The molecule has 0 bridgehead atoms. The third kappa shape index (κ3) is 4.84. The van der Waals surface area contributed by atoms with Crippen LogP contribution in [-0.4, -0.2) is 50.5 Å². The van der Waals surface area contributed by atoms with Gasteiger partial charge in [-0.3, -0.25) is 9.29 Å². The summed E-state index contributed by atoms with van der Waals surface area (Å²) in [7, 11) is 0. The molecule has 2 rings (SSSR count). The molecule has 1 aliphatic rings. The number of rotatable bonds is 10. The average Bonchev–Trinajstić information content (AvgIpc) is 2.49. The highest BCUT2D eigenvalue weighted by Crippen LogP contribution is 2.28. The molecule has 0 unspecified atom stereocenters. The molecule has 24 heavy (non-hydrogen) atoms. The molecule has 4 nitrogen and oxygen atoms in total. The minimum atomic E-state index is -1.05. The number of hydrogen-bond acceptors (Lipinski definition) is 4. The van der Waals surface area contributed by atoms with Crippen LogP contribution in [0.5, 0.6) is 0 Å². The van der Waals surface area contributed by atoms with Crippen LogP contribution < -0.4 is 5.32 Å². The molecular weight excluding hydrogens is 321 g/mol. The highest BCUT2D eigenvalue weighted by atomic mass is 19.1. The summed E-state index contributed by atoms with van der Waals surface area (Å²) < 4.78 is 51.3. The number of nitrogens with one attached hydrogen (secondary N) is 1. The fourth-order valence-corrected chi connectivity index (χ4v) is 2.77. The molecule has 0 aliphatic carbocycles. The first-order chi connectivity index (χ1) is 11.6. The van der Waals surface area contributed by atoms with Crippen molar-refractivity contribution in [3.8, 4) is 0 Å². The zero-order valence-corrected chi connectivity index (χ0v) is 14.2. The molecule has 136 valence electrons. The van der Waals surface area contributed by atoms with Crippen LogP contribution in [0.2, 0.25) is 0 Å². The van der Waals surface area contributed by atoms with Crippen molar-refractivity contribution in [2.75, 3.05) is 44.8 Å². The topological polar surface area (TPSA) is 33.7 Å². The van der Waals surface area contributed by atoms with Crippen molar-refractivity contribution < 1.29 is 22.6 Å². The van der Waals surface area contributed by atoms with Gasteiger partial charge in [0, 0.05) is 38.5 Å². The molecule has 0 saturated carbocycles. The molecule has 0 spiro atoms. The minimum Gasteiger partial charge on any atom is -0.380 e. The standard InChI is InChI=1S/C17H25F3N2O2/c1-3-23-17(24-4-2)16-14(19)8-12(9-15(16)20)21-13-10-22(11-13)7-5-6-18/h8-9,13,17,21H,3-7,10-11H2,1-2H3. The molecule has 1 N–H and O–H groups in total. The van der Waals surface area contributed by atoms with Gasteiger partial charge in [0.2, 0.25) is 0 Å². The van der Waals surface area contributed by atoms with Gasteiger partial charge in [0.25, 0.3) is 0 Å². The Kier molecular flexibility index (Phi) is 7.33. The van der Waals surface area contributed by atoms with E-state index < -0.39 is 17.9 Å². The van der Waals surface area contributed by atoms with E-state index in [9.17, 15) is 13.2 Å². The maximum atomic E-state index is 14.3. The predicted octanol–water partition coefficient (Wildman–Crippen LogP) is 3.49. The Bertz CT molecular complexity index is 496. The highest BCUT2D eigenvalue weighted by molar-refractivity contribution is 5.48. The van der Waals surface area contributed by atoms with Gasteiger partial charge in [-0.2, -0.15) is 0 Å². The monoisotopic (exact) mass is 346 g/mol. The molecule has 0 atom stereocenters. The van der Waals surface area contributed by atoms with E-state index in [0.717, 1.165) is 13.1 Å². The molecule has 1 aromatic rings. The molecule has 0 aromatic heterocycles. The molecule has 1 aromatic carbocycles. The zero-order chi connectivity index (χ0) is 17.5. The van der Waals surface area contributed by atoms with Gasteiger partial charge in [-0.15, -0.1) is 0 Å². The molecule has 7 heteroatoms. The van der Waals surface area contributed by atoms with Gasteiger partial charge in [0.1, 0.15) is 11.6 Å². The number of benzene rings is 1. The van der Waals surface area contributed by atoms with Gasteiger partial charge >= 0.3 is 0 Å². The number of alkyl halides is 1. The van der Waals surface area contributed by atoms with Crippen LogP contribution in [0.1, 0.15) is 32.1 Å². The van der Waals surface area contributed by atoms with E-state index in [1.165, 1.54) is 12.1 Å². The lowest BCUT2D eigenvalue weighted by molar-refractivity contribution is -0.143. The Hall–Kier alpha value is -1.31. The van der Waals surface area contributed by atoms with Crippen molar-refractivity contribution in [3.63, 3.8) is 0 Å². The molecule has 0 amide bonds. The summed E-state index contributed by atoms with van der Waals surface area (Å²) in [6.45, 7) is 5.93. The van der Waals surface area contributed by atoms with E-state index in [1.54, 1.807) is 13.8 Å². The van der Waals surface area contributed by atoms with Crippen LogP contribution >= 0.6 is 0 Å². The van der Waals surface area contributed by atoms with Gasteiger partial charge in [-0.05, 0) is 32.4 Å². The lowest BCUT2D eigenvalue weighted by Crippen LogP contribution is -2.54. The Morgan fingerprint density at radius 1 is 1.17 bits per heavy atom. The minimum absolute atomic E-state index is 0.115. The Morgan fingerprint density at radius 2 is 1.75 bits per heavy atom. The summed E-state index contributed by atoms with van der Waals surface area (Å²) in [5.41, 5.74) is 0.179. The number of likely N-dealkylation sites (tertiary alicyclic amines) is 1. The van der Waals surface area contributed by atoms with E-state index in [0.29, 0.717) is 31.9 Å². The number of halogens is 3. The summed E-state index contributed by atoms with van der Waals surface area (Å²) >= 11 is 0. The van der Waals surface area contributed by atoms with E-state index in [-0.39, 0.29) is 18.3 Å². The number of ether oxygens (including phenoxy) is 2. The van der Waals surface area contributed by atoms with Crippen molar-refractivity contribution in [1.82, 2.24) is 4.90 Å². The normalized spacial score (nSPS) is 15.8. The van der Waals surface area contributed by atoms with Crippen LogP contribution in [0.4, 0.5) is 18.9 Å². The van der Waals surface area contributed by atoms with Gasteiger partial charge in [-0.25, -0.2) is 8.78 Å². The largest absolute Gasteiger partial charge is 0.380 e. The van der Waals surface area contributed by atoms with E-state index in [1.807, 2.05) is 0 Å². The number of hydrogen-bond donors (Lipinski definition) is 1. The Morgan fingerprint density at radius 3 is 2.25 bits per heavy atom. The third-order valence-electron chi connectivity index (χ3n) is 3.89. The molecular formula is C17H25F3N2O2. The maximum Gasteiger partial charge on any atom is 0.189 e. The quantitative estimate of drug-likeness (QED) is 0.658. The van der Waals surface area contributed by atoms with Gasteiger partial charge in [-0.1, -0.05) is 0 Å². The van der Waals surface area contributed by atoms with Crippen LogP contribution in [0.25, 0.3) is 0 Å². The number of nitrogens with zero attached hydrogens (tertiary/aromatic N) is 1. The van der Waals surface area contributed by atoms with Gasteiger partial charge < -0.3 is 14.8 Å². The van der Waals surface area contributed by atoms with Crippen molar-refractivity contribution >= 4 is 5.69 Å². The first kappa shape index (κ1) is 19.0. The Labute approximate surface area is 140 Å². The number of anilines is 1. The van der Waals surface area contributed by atoms with Crippen LogP contribution in [0.15, 0.2) is 12.1 Å². The van der Waals surface area contributed by atoms with Gasteiger partial charge in [0.15, 0.2) is 6.29 Å². The second-order valence-electron chi connectivity index (χ2n) is 5.74. The molecule has 1 fully saturated rings. The first-order valence-corrected chi connectivity index (χ1v) is 8.36. The second kappa shape index (κ2) is 9.25. The van der Waals surface area contributed by atoms with Crippen LogP contribution in [0, 0.1) is 11.6 Å². The van der Waals surface area contributed by atoms with Crippen molar-refractivity contribution in [2.24, 2.45) is 0 Å². The van der Waals surface area contributed by atoms with E-state index in [4.69, 9.17) is 9.47 Å². The summed E-state index contributed by atoms with van der Waals surface area (Å²) in [5.74, 6) is -1.39. The Balaban J connectivity index is 1.99. The van der Waals surface area contributed by atoms with Crippen molar-refractivity contribution in [3.05, 3.63) is 29.3 Å². The summed E-state index contributed by atoms with van der Waals surface area (Å²) in [4.78, 5) is 2.10. The lowest BCUT2D eigenvalue weighted by atomic mass is 10.1. The smallest absolute Gasteiger partial charge is 0.189 e. The highest BCUT2D eigenvalue weighted by Gasteiger charge is 2.27. The summed E-state index contributed by atoms with van der Waals surface area (Å²) in [6.07, 6.45) is -0.532. The zero-order valence-electron chi connectivity index (χ0n) is 14.2. The fourth-order valence-electron chi connectivity index (χ4n) is 2.77. The summed E-state index contributed by atoms with van der Waals surface area (Å²) in [5, 5.41) is 3.10. The van der Waals surface area contributed by atoms with Crippen LogP contribution in [0.3, 0.4) is 0 Å². The maximum absolute atomic E-state index is 14.3. The van der Waals surface area contributed by atoms with Crippen LogP contribution in [-0.2, 0) is 9.47 Å². The summed E-state index contributed by atoms with van der Waals surface area (Å²) in [6, 6.07) is 2.63. The van der Waals surface area contributed by atoms with E-state index in [2.05, 4.69) is 10.2 Å². The second-order valence-corrected chi connectivity index (χ2v) is 5.74.